The van der Waals surface area contributed by atoms with Crippen molar-refractivity contribution >= 4 is 23.1 Å². The van der Waals surface area contributed by atoms with E-state index in [1.165, 1.54) is 6.92 Å². The molecule has 1 fully saturated rings. The first-order chi connectivity index (χ1) is 12.6. The molecule has 146 valence electrons. The molecule has 27 heavy (non-hydrogen) atoms. The van der Waals surface area contributed by atoms with Gasteiger partial charge in [0.2, 0.25) is 5.78 Å². The summed E-state index contributed by atoms with van der Waals surface area (Å²) in [6, 6.07) is 8.31. The van der Waals surface area contributed by atoms with Gasteiger partial charge in [0.25, 0.3) is 0 Å². The quantitative estimate of drug-likeness (QED) is 0.566. The molecule has 1 aromatic carbocycles. The summed E-state index contributed by atoms with van der Waals surface area (Å²) in [5, 5.41) is 18.5. The lowest BCUT2D eigenvalue weighted by Crippen LogP contribution is -2.43. The molecule has 2 N–H and O–H groups in total. The fourth-order valence-corrected chi connectivity index (χ4v) is 3.91. The highest BCUT2D eigenvalue weighted by molar-refractivity contribution is 6.48. The van der Waals surface area contributed by atoms with Crippen molar-refractivity contribution in [3.63, 3.8) is 0 Å². The molecule has 1 aliphatic carbocycles. The first-order valence-corrected chi connectivity index (χ1v) is 9.50. The number of benzene rings is 1. The Labute approximate surface area is 160 Å². The number of Topliss-reactive ketones (excluding diaryl/α,β-unsaturated/α-hetero) is 3. The van der Waals surface area contributed by atoms with Crippen LogP contribution in [-0.2, 0) is 9.59 Å². The van der Waals surface area contributed by atoms with E-state index in [1.54, 1.807) is 30.3 Å². The number of hydrogen-bond acceptors (Lipinski definition) is 5. The summed E-state index contributed by atoms with van der Waals surface area (Å²) < 4.78 is 0. The molecule has 0 amide bonds. The lowest BCUT2D eigenvalue weighted by Gasteiger charge is -2.28. The van der Waals surface area contributed by atoms with E-state index in [0.717, 1.165) is 6.42 Å². The third-order valence-electron chi connectivity index (χ3n) is 5.34. The molecule has 4 unspecified atom stereocenters. The number of carbonyl (C=O) groups is 3. The van der Waals surface area contributed by atoms with E-state index < -0.39 is 40.8 Å². The van der Waals surface area contributed by atoms with Crippen LogP contribution in [0.15, 0.2) is 30.3 Å². The zero-order valence-corrected chi connectivity index (χ0v) is 16.5. The number of aliphatic hydroxyl groups excluding tert-OH is 1. The molecule has 4 atom stereocenters. The van der Waals surface area contributed by atoms with Gasteiger partial charge in [0, 0.05) is 22.8 Å². The molecule has 0 heterocycles. The van der Waals surface area contributed by atoms with Gasteiger partial charge in [-0.15, -0.1) is 0 Å². The Morgan fingerprint density at radius 3 is 2.15 bits per heavy atom. The van der Waals surface area contributed by atoms with Crippen LogP contribution in [0.5, 0.6) is 0 Å². The van der Waals surface area contributed by atoms with Crippen LogP contribution >= 0.6 is 0 Å². The molecular formula is C22H29NO4. The van der Waals surface area contributed by atoms with E-state index in [4.69, 9.17) is 5.41 Å². The molecule has 0 aromatic heterocycles. The monoisotopic (exact) mass is 371 g/mol. The van der Waals surface area contributed by atoms with E-state index >= 15 is 0 Å². The van der Waals surface area contributed by atoms with E-state index in [9.17, 15) is 19.5 Å². The van der Waals surface area contributed by atoms with Gasteiger partial charge >= 0.3 is 0 Å². The van der Waals surface area contributed by atoms with Crippen molar-refractivity contribution < 1.29 is 19.5 Å². The van der Waals surface area contributed by atoms with Crippen molar-refractivity contribution in [1.29, 1.82) is 5.41 Å². The smallest absolute Gasteiger partial charge is 0.207 e. The molecular weight excluding hydrogens is 342 g/mol. The third-order valence-corrected chi connectivity index (χ3v) is 5.34. The second kappa shape index (κ2) is 8.26. The fraction of sp³-hybridized carbons (Fsp3) is 0.545. The van der Waals surface area contributed by atoms with Gasteiger partial charge in [0.05, 0.1) is 17.7 Å². The van der Waals surface area contributed by atoms with Gasteiger partial charge in [-0.2, -0.15) is 0 Å². The summed E-state index contributed by atoms with van der Waals surface area (Å²) >= 11 is 0. The van der Waals surface area contributed by atoms with Gasteiger partial charge in [0.15, 0.2) is 0 Å². The Morgan fingerprint density at radius 1 is 1.07 bits per heavy atom. The summed E-state index contributed by atoms with van der Waals surface area (Å²) in [4.78, 5) is 38.6. The van der Waals surface area contributed by atoms with Crippen LogP contribution in [0.25, 0.3) is 0 Å². The maximum atomic E-state index is 13.2. The average Bonchev–Trinajstić information content (AvgIpc) is 3.09. The van der Waals surface area contributed by atoms with Crippen molar-refractivity contribution in [3.05, 3.63) is 35.9 Å². The van der Waals surface area contributed by atoms with Gasteiger partial charge < -0.3 is 10.5 Å². The number of rotatable bonds is 7. The number of hydrogen-bond donors (Lipinski definition) is 2. The summed E-state index contributed by atoms with van der Waals surface area (Å²) in [6.45, 7) is 6.93. The topological polar surface area (TPSA) is 95.3 Å². The minimum Gasteiger partial charge on any atom is -0.392 e. The molecule has 0 bridgehead atoms. The van der Waals surface area contributed by atoms with E-state index in [-0.39, 0.29) is 11.6 Å². The SMILES string of the molecule is CC(O)C(C(=N)C(=O)c1ccccc1)C(=O)C1CCCC1C(=O)C(C)(C)C. The number of carbonyl (C=O) groups excluding carboxylic acids is 3. The first-order valence-electron chi connectivity index (χ1n) is 9.50. The molecule has 5 nitrogen and oxygen atoms in total. The van der Waals surface area contributed by atoms with Gasteiger partial charge in [-0.3, -0.25) is 14.4 Å². The Bertz CT molecular complexity index is 730. The van der Waals surface area contributed by atoms with E-state index in [0.29, 0.717) is 18.4 Å². The summed E-state index contributed by atoms with van der Waals surface area (Å²) in [5.74, 6) is -3.05. The highest BCUT2D eigenvalue weighted by Gasteiger charge is 2.45. The van der Waals surface area contributed by atoms with Crippen LogP contribution < -0.4 is 0 Å². The molecule has 0 aliphatic heterocycles. The maximum Gasteiger partial charge on any atom is 0.207 e. The Morgan fingerprint density at radius 2 is 1.63 bits per heavy atom. The van der Waals surface area contributed by atoms with E-state index in [2.05, 4.69) is 0 Å². The highest BCUT2D eigenvalue weighted by atomic mass is 16.3. The number of aliphatic hydroxyl groups is 1. The lowest BCUT2D eigenvalue weighted by atomic mass is 9.73. The summed E-state index contributed by atoms with van der Waals surface area (Å²) in [5.41, 5.74) is -0.647. The Kier molecular flexibility index (Phi) is 6.47. The van der Waals surface area contributed by atoms with Crippen molar-refractivity contribution in [3.8, 4) is 0 Å². The highest BCUT2D eigenvalue weighted by Crippen LogP contribution is 2.39. The van der Waals surface area contributed by atoms with Crippen LogP contribution in [0.4, 0.5) is 0 Å². The number of ketones is 3. The normalized spacial score (nSPS) is 22.1. The van der Waals surface area contributed by atoms with Gasteiger partial charge in [-0.25, -0.2) is 0 Å². The van der Waals surface area contributed by atoms with Crippen molar-refractivity contribution in [2.75, 3.05) is 0 Å². The second-order valence-corrected chi connectivity index (χ2v) is 8.49. The predicted octanol–water partition coefficient (Wildman–Crippen LogP) is 3.49. The largest absolute Gasteiger partial charge is 0.392 e. The molecule has 1 aromatic rings. The zero-order chi connectivity index (χ0) is 20.4. The zero-order valence-electron chi connectivity index (χ0n) is 16.5. The average molecular weight is 371 g/mol. The Balaban J connectivity index is 2.28. The molecule has 0 radical (unpaired) electrons. The van der Waals surface area contributed by atoms with Crippen LogP contribution in [0.3, 0.4) is 0 Å². The van der Waals surface area contributed by atoms with Crippen molar-refractivity contribution in [1.82, 2.24) is 0 Å². The van der Waals surface area contributed by atoms with Crippen LogP contribution in [0.2, 0.25) is 0 Å². The predicted molar refractivity (Wildman–Crippen MR) is 104 cm³/mol. The first kappa shape index (κ1) is 21.2. The van der Waals surface area contributed by atoms with Crippen LogP contribution in [0.1, 0.15) is 57.3 Å². The molecule has 0 spiro atoms. The third kappa shape index (κ3) is 4.59. The minimum atomic E-state index is -1.21. The minimum absolute atomic E-state index is 0.0311. The van der Waals surface area contributed by atoms with Crippen LogP contribution in [0, 0.1) is 28.6 Å². The van der Waals surface area contributed by atoms with Crippen molar-refractivity contribution in [2.45, 2.75) is 53.1 Å². The molecule has 5 heteroatoms. The van der Waals surface area contributed by atoms with Crippen LogP contribution in [-0.4, -0.2) is 34.3 Å². The number of nitrogens with one attached hydrogen (secondary N) is 1. The van der Waals surface area contributed by atoms with Gasteiger partial charge in [0.1, 0.15) is 11.6 Å². The molecule has 0 saturated heterocycles. The maximum absolute atomic E-state index is 13.2. The standard InChI is InChI=1S/C22H29NO4/c1-13(24)17(18(23)19(25)14-9-6-5-7-10-14)20(26)15-11-8-12-16(15)21(27)22(2,3)4/h5-7,9-10,13,15-17,23-24H,8,11-12H2,1-4H3. The lowest BCUT2D eigenvalue weighted by molar-refractivity contribution is -0.137. The van der Waals surface area contributed by atoms with Crippen molar-refractivity contribution in [2.24, 2.45) is 23.2 Å². The molecule has 2 rings (SSSR count). The van der Waals surface area contributed by atoms with E-state index in [1.807, 2.05) is 20.8 Å². The molecule has 1 aliphatic rings. The van der Waals surface area contributed by atoms with Gasteiger partial charge in [-0.05, 0) is 19.8 Å². The Hall–Kier alpha value is -2.14. The van der Waals surface area contributed by atoms with Gasteiger partial charge in [-0.1, -0.05) is 57.5 Å². The summed E-state index contributed by atoms with van der Waals surface area (Å²) in [7, 11) is 0. The fourth-order valence-electron chi connectivity index (χ4n) is 3.91. The summed E-state index contributed by atoms with van der Waals surface area (Å²) in [6.07, 6.45) is 0.791. The second-order valence-electron chi connectivity index (χ2n) is 8.49. The molecule has 1 saturated carbocycles.